The largest absolute Gasteiger partial charge is 0.375 e. The molecule has 3 aromatic rings. The molecule has 0 aliphatic rings. The summed E-state index contributed by atoms with van der Waals surface area (Å²) < 4.78 is 6.65. The van der Waals surface area contributed by atoms with Gasteiger partial charge < -0.3 is 10.1 Å². The van der Waals surface area contributed by atoms with Crippen molar-refractivity contribution in [3.8, 4) is 5.69 Å². The number of methoxy groups -OCH3 is 1. The highest BCUT2D eigenvalue weighted by Gasteiger charge is 2.05. The number of hydrogen-bond donors (Lipinski definition) is 1. The van der Waals surface area contributed by atoms with Crippen molar-refractivity contribution in [3.63, 3.8) is 0 Å². The maximum atomic E-state index is 11.4. The predicted molar refractivity (Wildman–Crippen MR) is 81.6 cm³/mol. The van der Waals surface area contributed by atoms with Crippen LogP contribution in [0.25, 0.3) is 16.6 Å². The van der Waals surface area contributed by atoms with Gasteiger partial charge in [0, 0.05) is 18.2 Å². The van der Waals surface area contributed by atoms with Crippen molar-refractivity contribution in [3.05, 3.63) is 54.7 Å². The molecule has 2 aromatic carbocycles. The van der Waals surface area contributed by atoms with Crippen LogP contribution in [-0.4, -0.2) is 29.4 Å². The Hall–Kier alpha value is -2.66. The lowest BCUT2D eigenvalue weighted by Gasteiger charge is -2.07. The van der Waals surface area contributed by atoms with Gasteiger partial charge in [0.05, 0.1) is 17.4 Å². The SMILES string of the molecule is COCC(=O)Nc1ccc(-n2ncc3ccccc32)cc1. The first-order valence-electron chi connectivity index (χ1n) is 6.60. The summed E-state index contributed by atoms with van der Waals surface area (Å²) in [5.74, 6) is -0.171. The predicted octanol–water partition coefficient (Wildman–Crippen LogP) is 2.61. The van der Waals surface area contributed by atoms with Crippen LogP contribution >= 0.6 is 0 Å². The number of amides is 1. The van der Waals surface area contributed by atoms with Gasteiger partial charge in [0.1, 0.15) is 6.61 Å². The van der Waals surface area contributed by atoms with Gasteiger partial charge in [-0.3, -0.25) is 4.79 Å². The van der Waals surface area contributed by atoms with E-state index in [0.29, 0.717) is 0 Å². The van der Waals surface area contributed by atoms with Gasteiger partial charge in [0.25, 0.3) is 0 Å². The van der Waals surface area contributed by atoms with Gasteiger partial charge in [-0.1, -0.05) is 18.2 Å². The van der Waals surface area contributed by atoms with Crippen LogP contribution in [0.2, 0.25) is 0 Å². The van der Waals surface area contributed by atoms with Crippen LogP contribution in [-0.2, 0) is 9.53 Å². The van der Waals surface area contributed by atoms with E-state index in [4.69, 9.17) is 4.74 Å². The van der Waals surface area contributed by atoms with Crippen molar-refractivity contribution in [1.82, 2.24) is 9.78 Å². The number of aromatic nitrogens is 2. The van der Waals surface area contributed by atoms with E-state index in [2.05, 4.69) is 10.4 Å². The lowest BCUT2D eigenvalue weighted by molar-refractivity contribution is -0.119. The Morgan fingerprint density at radius 3 is 2.71 bits per heavy atom. The van der Waals surface area contributed by atoms with E-state index in [1.807, 2.05) is 59.4 Å². The topological polar surface area (TPSA) is 56.1 Å². The minimum absolute atomic E-state index is 0.0472. The number of para-hydroxylation sites is 1. The summed E-state index contributed by atoms with van der Waals surface area (Å²) in [7, 11) is 1.49. The zero-order chi connectivity index (χ0) is 14.7. The van der Waals surface area contributed by atoms with E-state index in [-0.39, 0.29) is 12.5 Å². The smallest absolute Gasteiger partial charge is 0.250 e. The van der Waals surface area contributed by atoms with Gasteiger partial charge in [-0.2, -0.15) is 5.10 Å². The number of ether oxygens (including phenoxy) is 1. The second kappa shape index (κ2) is 5.76. The molecule has 0 saturated carbocycles. The molecule has 1 aromatic heterocycles. The van der Waals surface area contributed by atoms with E-state index >= 15 is 0 Å². The maximum Gasteiger partial charge on any atom is 0.250 e. The molecule has 0 aliphatic heterocycles. The molecule has 106 valence electrons. The number of carbonyl (C=O) groups is 1. The van der Waals surface area contributed by atoms with Crippen molar-refractivity contribution in [2.45, 2.75) is 0 Å². The first-order valence-corrected chi connectivity index (χ1v) is 6.60. The zero-order valence-electron chi connectivity index (χ0n) is 11.6. The average molecular weight is 281 g/mol. The number of benzene rings is 2. The second-order valence-electron chi connectivity index (χ2n) is 4.64. The summed E-state index contributed by atoms with van der Waals surface area (Å²) in [5, 5.41) is 8.25. The van der Waals surface area contributed by atoms with E-state index in [1.165, 1.54) is 7.11 Å². The van der Waals surface area contributed by atoms with Crippen LogP contribution in [0.4, 0.5) is 5.69 Å². The van der Waals surface area contributed by atoms with Crippen LogP contribution in [0.5, 0.6) is 0 Å². The Kier molecular flexibility index (Phi) is 3.66. The molecular weight excluding hydrogens is 266 g/mol. The number of nitrogens with one attached hydrogen (secondary N) is 1. The molecule has 0 fully saturated rings. The average Bonchev–Trinajstić information content (AvgIpc) is 2.92. The molecule has 0 atom stereocenters. The molecule has 0 spiro atoms. The van der Waals surface area contributed by atoms with Gasteiger partial charge in [0.2, 0.25) is 5.91 Å². The minimum Gasteiger partial charge on any atom is -0.375 e. The molecule has 1 amide bonds. The molecule has 5 heteroatoms. The number of rotatable bonds is 4. The van der Waals surface area contributed by atoms with Crippen LogP contribution in [0, 0.1) is 0 Å². The van der Waals surface area contributed by atoms with Crippen LogP contribution in [0.15, 0.2) is 54.7 Å². The molecule has 1 N–H and O–H groups in total. The second-order valence-corrected chi connectivity index (χ2v) is 4.64. The molecule has 0 bridgehead atoms. The van der Waals surface area contributed by atoms with Gasteiger partial charge in [-0.25, -0.2) is 4.68 Å². The molecule has 21 heavy (non-hydrogen) atoms. The third-order valence-corrected chi connectivity index (χ3v) is 3.15. The van der Waals surface area contributed by atoms with Crippen molar-refractivity contribution >= 4 is 22.5 Å². The fraction of sp³-hybridized carbons (Fsp3) is 0.125. The van der Waals surface area contributed by atoms with Crippen LogP contribution < -0.4 is 5.32 Å². The van der Waals surface area contributed by atoms with Crippen molar-refractivity contribution in [1.29, 1.82) is 0 Å². The maximum absolute atomic E-state index is 11.4. The van der Waals surface area contributed by atoms with Crippen molar-refractivity contribution in [2.75, 3.05) is 19.0 Å². The number of nitrogens with zero attached hydrogens (tertiary/aromatic N) is 2. The monoisotopic (exact) mass is 281 g/mol. The molecular formula is C16H15N3O2. The van der Waals surface area contributed by atoms with E-state index in [9.17, 15) is 4.79 Å². The third kappa shape index (κ3) is 2.78. The minimum atomic E-state index is -0.171. The summed E-state index contributed by atoms with van der Waals surface area (Å²) in [6.45, 7) is 0.0472. The number of anilines is 1. The fourth-order valence-corrected chi connectivity index (χ4v) is 2.19. The van der Waals surface area contributed by atoms with Crippen molar-refractivity contribution in [2.24, 2.45) is 0 Å². The Bertz CT molecular complexity index is 763. The highest BCUT2D eigenvalue weighted by molar-refractivity contribution is 5.91. The number of hydrogen-bond acceptors (Lipinski definition) is 3. The van der Waals surface area contributed by atoms with Gasteiger partial charge in [-0.15, -0.1) is 0 Å². The Balaban J connectivity index is 1.85. The first-order chi connectivity index (χ1) is 10.3. The molecule has 5 nitrogen and oxygen atoms in total. The summed E-state index contributed by atoms with van der Waals surface area (Å²) >= 11 is 0. The summed E-state index contributed by atoms with van der Waals surface area (Å²) in [6, 6.07) is 15.6. The van der Waals surface area contributed by atoms with Gasteiger partial charge in [0.15, 0.2) is 0 Å². The lowest BCUT2D eigenvalue weighted by atomic mass is 10.2. The molecule has 0 saturated heterocycles. The van der Waals surface area contributed by atoms with E-state index in [1.54, 1.807) is 0 Å². The van der Waals surface area contributed by atoms with Crippen molar-refractivity contribution < 1.29 is 9.53 Å². The highest BCUT2D eigenvalue weighted by atomic mass is 16.5. The Morgan fingerprint density at radius 2 is 1.95 bits per heavy atom. The van der Waals surface area contributed by atoms with Gasteiger partial charge in [-0.05, 0) is 30.3 Å². The number of fused-ring (bicyclic) bond motifs is 1. The highest BCUT2D eigenvalue weighted by Crippen LogP contribution is 2.19. The third-order valence-electron chi connectivity index (χ3n) is 3.15. The molecule has 3 rings (SSSR count). The Labute approximate surface area is 122 Å². The normalized spacial score (nSPS) is 10.7. The summed E-state index contributed by atoms with van der Waals surface area (Å²) in [5.41, 5.74) is 2.73. The Morgan fingerprint density at radius 1 is 1.19 bits per heavy atom. The van der Waals surface area contributed by atoms with E-state index < -0.39 is 0 Å². The van der Waals surface area contributed by atoms with E-state index in [0.717, 1.165) is 22.3 Å². The quantitative estimate of drug-likeness (QED) is 0.799. The fourth-order valence-electron chi connectivity index (χ4n) is 2.19. The molecule has 0 radical (unpaired) electrons. The zero-order valence-corrected chi connectivity index (χ0v) is 11.6. The summed E-state index contributed by atoms with van der Waals surface area (Å²) in [4.78, 5) is 11.4. The van der Waals surface area contributed by atoms with Crippen LogP contribution in [0.3, 0.4) is 0 Å². The van der Waals surface area contributed by atoms with Gasteiger partial charge >= 0.3 is 0 Å². The number of carbonyl (C=O) groups excluding carboxylic acids is 1. The summed E-state index contributed by atoms with van der Waals surface area (Å²) in [6.07, 6.45) is 1.84. The molecule has 1 heterocycles. The van der Waals surface area contributed by atoms with Crippen LogP contribution in [0.1, 0.15) is 0 Å². The molecule has 0 unspecified atom stereocenters. The standard InChI is InChI=1S/C16H15N3O2/c1-21-11-16(20)18-13-6-8-14(9-7-13)19-15-5-3-2-4-12(15)10-17-19/h2-10H,11H2,1H3,(H,18,20). The molecule has 0 aliphatic carbocycles. The lowest BCUT2D eigenvalue weighted by Crippen LogP contribution is -2.17. The first kappa shape index (κ1) is 13.3.